The van der Waals surface area contributed by atoms with E-state index < -0.39 is 5.69 Å². The zero-order valence-electron chi connectivity index (χ0n) is 10.2. The molecule has 0 spiro atoms. The number of nitrogens with one attached hydrogen (secondary N) is 2. The van der Waals surface area contributed by atoms with Gasteiger partial charge in [-0.3, -0.25) is 9.78 Å². The van der Waals surface area contributed by atoms with Crippen LogP contribution in [0.2, 0.25) is 0 Å². The van der Waals surface area contributed by atoms with E-state index in [-0.39, 0.29) is 5.56 Å². The van der Waals surface area contributed by atoms with E-state index in [0.717, 1.165) is 11.3 Å². The lowest BCUT2D eigenvalue weighted by Gasteiger charge is -2.06. The number of aromatic amines is 2. The van der Waals surface area contributed by atoms with Crippen molar-refractivity contribution >= 4 is 0 Å². The minimum absolute atomic E-state index is 0.348. The summed E-state index contributed by atoms with van der Waals surface area (Å²) in [7, 11) is 1.59. The summed E-state index contributed by atoms with van der Waals surface area (Å²) in [5.41, 5.74) is 1.27. The first-order valence-electron chi connectivity index (χ1n) is 5.55. The Balaban J connectivity index is 2.40. The van der Waals surface area contributed by atoms with Crippen molar-refractivity contribution in [2.45, 2.75) is 13.3 Å². The molecule has 1 aromatic carbocycles. The molecule has 0 aliphatic heterocycles. The molecule has 0 saturated heterocycles. The van der Waals surface area contributed by atoms with Gasteiger partial charge < -0.3 is 9.72 Å². The fourth-order valence-corrected chi connectivity index (χ4v) is 1.83. The Hall–Kier alpha value is -2.30. The Kier molecular flexibility index (Phi) is 3.32. The first-order valence-corrected chi connectivity index (χ1v) is 5.55. The van der Waals surface area contributed by atoms with Gasteiger partial charge in [0.15, 0.2) is 0 Å². The fourth-order valence-electron chi connectivity index (χ4n) is 1.83. The third-order valence-corrected chi connectivity index (χ3v) is 2.77. The van der Waals surface area contributed by atoms with Crippen molar-refractivity contribution in [2.75, 3.05) is 7.11 Å². The molecule has 0 radical (unpaired) electrons. The first-order chi connectivity index (χ1) is 8.60. The molecule has 1 heterocycles. The third kappa shape index (κ3) is 2.51. The smallest absolute Gasteiger partial charge is 0.325 e. The van der Waals surface area contributed by atoms with E-state index in [1.807, 2.05) is 24.3 Å². The molecule has 0 unspecified atom stereocenters. The molecule has 18 heavy (non-hydrogen) atoms. The molecule has 0 fully saturated rings. The summed E-state index contributed by atoms with van der Waals surface area (Å²) in [6, 6.07) is 7.48. The van der Waals surface area contributed by atoms with Gasteiger partial charge in [-0.25, -0.2) is 4.79 Å². The van der Waals surface area contributed by atoms with Gasteiger partial charge >= 0.3 is 5.69 Å². The normalized spacial score (nSPS) is 10.3. The van der Waals surface area contributed by atoms with Crippen LogP contribution in [0.25, 0.3) is 0 Å². The number of ether oxygens (including phenoxy) is 1. The quantitative estimate of drug-likeness (QED) is 0.847. The van der Waals surface area contributed by atoms with Crippen molar-refractivity contribution in [2.24, 2.45) is 0 Å². The van der Waals surface area contributed by atoms with Crippen LogP contribution in [0, 0.1) is 6.92 Å². The minimum atomic E-state index is -0.480. The summed E-state index contributed by atoms with van der Waals surface area (Å²) in [5, 5.41) is 0. The molecule has 0 amide bonds. The molecular formula is C13H14N2O3. The predicted molar refractivity (Wildman–Crippen MR) is 68.2 cm³/mol. The molecule has 5 heteroatoms. The van der Waals surface area contributed by atoms with Crippen LogP contribution in [0.5, 0.6) is 5.75 Å². The molecule has 0 bridgehead atoms. The second kappa shape index (κ2) is 4.91. The number of rotatable bonds is 3. The van der Waals surface area contributed by atoms with Crippen molar-refractivity contribution in [1.29, 1.82) is 0 Å². The molecule has 0 aliphatic carbocycles. The van der Waals surface area contributed by atoms with Crippen LogP contribution in [-0.2, 0) is 6.42 Å². The molecule has 2 aromatic rings. The van der Waals surface area contributed by atoms with Gasteiger partial charge in [-0.15, -0.1) is 0 Å². The summed E-state index contributed by atoms with van der Waals surface area (Å²) in [4.78, 5) is 27.6. The van der Waals surface area contributed by atoms with E-state index in [1.165, 1.54) is 0 Å². The molecule has 0 atom stereocenters. The Morgan fingerprint density at radius 1 is 1.22 bits per heavy atom. The molecule has 0 aliphatic rings. The fraction of sp³-hybridized carbons (Fsp3) is 0.231. The molecule has 5 nitrogen and oxygen atoms in total. The maximum Gasteiger partial charge on any atom is 0.325 e. The van der Waals surface area contributed by atoms with E-state index in [9.17, 15) is 9.59 Å². The molecule has 1 aromatic heterocycles. The van der Waals surface area contributed by atoms with Crippen LogP contribution in [0.3, 0.4) is 0 Å². The lowest BCUT2D eigenvalue weighted by Crippen LogP contribution is -2.27. The van der Waals surface area contributed by atoms with Gasteiger partial charge in [0.25, 0.3) is 5.56 Å². The molecule has 0 saturated carbocycles. The second-order valence-electron chi connectivity index (χ2n) is 4.04. The van der Waals surface area contributed by atoms with Gasteiger partial charge in [-0.2, -0.15) is 0 Å². The maximum atomic E-state index is 11.7. The van der Waals surface area contributed by atoms with E-state index >= 15 is 0 Å². The van der Waals surface area contributed by atoms with Crippen LogP contribution in [0.1, 0.15) is 16.8 Å². The van der Waals surface area contributed by atoms with Gasteiger partial charge in [-0.05, 0) is 24.6 Å². The highest BCUT2D eigenvalue weighted by Gasteiger charge is 2.07. The first kappa shape index (κ1) is 12.2. The Labute approximate surface area is 103 Å². The van der Waals surface area contributed by atoms with Crippen molar-refractivity contribution in [3.8, 4) is 5.75 Å². The SMILES string of the molecule is COc1cccc(Cc2c(C)[nH]c(=O)[nH]c2=O)c1. The zero-order valence-corrected chi connectivity index (χ0v) is 10.2. The van der Waals surface area contributed by atoms with Crippen molar-refractivity contribution in [1.82, 2.24) is 9.97 Å². The number of hydrogen-bond acceptors (Lipinski definition) is 3. The highest BCUT2D eigenvalue weighted by molar-refractivity contribution is 5.32. The summed E-state index contributed by atoms with van der Waals surface area (Å²) >= 11 is 0. The van der Waals surface area contributed by atoms with Crippen molar-refractivity contribution in [3.05, 3.63) is 61.9 Å². The van der Waals surface area contributed by atoms with E-state index in [0.29, 0.717) is 17.7 Å². The lowest BCUT2D eigenvalue weighted by atomic mass is 10.1. The van der Waals surface area contributed by atoms with Crippen molar-refractivity contribution in [3.63, 3.8) is 0 Å². The van der Waals surface area contributed by atoms with Gasteiger partial charge in [0.05, 0.1) is 7.11 Å². The zero-order chi connectivity index (χ0) is 13.1. The Bertz CT molecular complexity index is 670. The van der Waals surface area contributed by atoms with Crippen LogP contribution in [0.4, 0.5) is 0 Å². The number of methoxy groups -OCH3 is 1. The number of aromatic nitrogens is 2. The summed E-state index contributed by atoms with van der Waals surface area (Å²) in [5.74, 6) is 0.742. The monoisotopic (exact) mass is 246 g/mol. The highest BCUT2D eigenvalue weighted by atomic mass is 16.5. The largest absolute Gasteiger partial charge is 0.497 e. The molecule has 94 valence electrons. The summed E-state index contributed by atoms with van der Waals surface area (Å²) in [6.45, 7) is 1.71. The van der Waals surface area contributed by atoms with E-state index in [2.05, 4.69) is 9.97 Å². The average Bonchev–Trinajstić information content (AvgIpc) is 2.34. The van der Waals surface area contributed by atoms with Gasteiger partial charge in [0.2, 0.25) is 0 Å². The number of aryl methyl sites for hydroxylation is 1. The Morgan fingerprint density at radius 2 is 2.00 bits per heavy atom. The van der Waals surface area contributed by atoms with Crippen LogP contribution in [-0.4, -0.2) is 17.1 Å². The van der Waals surface area contributed by atoms with Crippen LogP contribution < -0.4 is 16.0 Å². The summed E-state index contributed by atoms with van der Waals surface area (Å²) in [6.07, 6.45) is 0.454. The average molecular weight is 246 g/mol. The number of H-pyrrole nitrogens is 2. The molecule has 2 rings (SSSR count). The minimum Gasteiger partial charge on any atom is -0.497 e. The topological polar surface area (TPSA) is 75.0 Å². The van der Waals surface area contributed by atoms with Crippen molar-refractivity contribution < 1.29 is 4.74 Å². The third-order valence-electron chi connectivity index (χ3n) is 2.77. The molecule has 2 N–H and O–H groups in total. The predicted octanol–water partition coefficient (Wildman–Crippen LogP) is 0.971. The maximum absolute atomic E-state index is 11.7. The summed E-state index contributed by atoms with van der Waals surface area (Å²) < 4.78 is 5.13. The van der Waals surface area contributed by atoms with Gasteiger partial charge in [0, 0.05) is 17.7 Å². The highest BCUT2D eigenvalue weighted by Crippen LogP contribution is 2.15. The Morgan fingerprint density at radius 3 is 2.67 bits per heavy atom. The van der Waals surface area contributed by atoms with Crippen LogP contribution in [0.15, 0.2) is 33.9 Å². The van der Waals surface area contributed by atoms with E-state index in [4.69, 9.17) is 4.74 Å². The number of hydrogen-bond donors (Lipinski definition) is 2. The van der Waals surface area contributed by atoms with Gasteiger partial charge in [0.1, 0.15) is 5.75 Å². The van der Waals surface area contributed by atoms with Crippen LogP contribution >= 0.6 is 0 Å². The van der Waals surface area contributed by atoms with Gasteiger partial charge in [-0.1, -0.05) is 12.1 Å². The number of benzene rings is 1. The van der Waals surface area contributed by atoms with E-state index in [1.54, 1.807) is 14.0 Å². The lowest BCUT2D eigenvalue weighted by molar-refractivity contribution is 0.414. The molecular weight excluding hydrogens is 232 g/mol. The second-order valence-corrected chi connectivity index (χ2v) is 4.04. The standard InChI is InChI=1S/C13H14N2O3/c1-8-11(12(16)15-13(17)14-8)7-9-4-3-5-10(6-9)18-2/h3-6H,7H2,1-2H3,(H2,14,15,16,17).